The van der Waals surface area contributed by atoms with Gasteiger partial charge in [0.15, 0.2) is 11.8 Å². The predicted octanol–water partition coefficient (Wildman–Crippen LogP) is 1.02. The fraction of sp³-hybridized carbons (Fsp3) is 0.611. The molecule has 0 spiro atoms. The van der Waals surface area contributed by atoms with Crippen LogP contribution < -0.4 is 5.73 Å². The molecule has 1 aliphatic heterocycles. The van der Waals surface area contributed by atoms with Gasteiger partial charge in [-0.25, -0.2) is 9.97 Å². The van der Waals surface area contributed by atoms with Crippen molar-refractivity contribution in [3.05, 3.63) is 17.0 Å². The van der Waals surface area contributed by atoms with Crippen LogP contribution in [0.5, 0.6) is 0 Å². The van der Waals surface area contributed by atoms with Crippen LogP contribution in [0.25, 0.3) is 0 Å². The second-order valence-electron chi connectivity index (χ2n) is 6.60. The van der Waals surface area contributed by atoms with Gasteiger partial charge in [0.05, 0.1) is 5.92 Å². The van der Waals surface area contributed by atoms with E-state index in [1.165, 1.54) is 16.7 Å². The molecule has 1 aromatic rings. The van der Waals surface area contributed by atoms with E-state index in [-0.39, 0.29) is 24.9 Å². The Bertz CT molecular complexity index is 702. The van der Waals surface area contributed by atoms with Crippen LogP contribution in [0.1, 0.15) is 36.2 Å². The summed E-state index contributed by atoms with van der Waals surface area (Å²) in [4.78, 5) is 45.8. The van der Waals surface area contributed by atoms with Gasteiger partial charge in [-0.05, 0) is 44.9 Å². The number of nitrogens with zero attached hydrogens (tertiary/aromatic N) is 3. The second-order valence-corrected chi connectivity index (χ2v) is 7.38. The molecular formula is C18H26N4O4S. The number of carbonyl (C=O) groups is 3. The predicted molar refractivity (Wildman–Crippen MR) is 101 cm³/mol. The standard InChI is InChI=1S/C18H26N4O4S/c1-11-14(12(2)21-18(20-11)27-3)6-7-16(24)26-10-15(23)22-8-4-5-13(9-22)17(19)25/h13H,4-10H2,1-3H3,(H2,19,25)/t13-/m1/s1. The Kier molecular flexibility index (Phi) is 7.58. The van der Waals surface area contributed by atoms with Crippen molar-refractivity contribution in [2.75, 3.05) is 26.0 Å². The summed E-state index contributed by atoms with van der Waals surface area (Å²) in [5.41, 5.74) is 7.94. The summed E-state index contributed by atoms with van der Waals surface area (Å²) in [5.74, 6) is -1.47. The first-order valence-electron chi connectivity index (χ1n) is 8.92. The zero-order chi connectivity index (χ0) is 20.0. The van der Waals surface area contributed by atoms with Gasteiger partial charge < -0.3 is 15.4 Å². The van der Waals surface area contributed by atoms with E-state index in [1.807, 2.05) is 20.1 Å². The maximum atomic E-state index is 12.2. The van der Waals surface area contributed by atoms with Crippen molar-refractivity contribution in [1.82, 2.24) is 14.9 Å². The van der Waals surface area contributed by atoms with Crippen molar-refractivity contribution in [2.45, 2.75) is 44.7 Å². The molecule has 0 bridgehead atoms. The van der Waals surface area contributed by atoms with Gasteiger partial charge in [0.1, 0.15) is 0 Å². The Morgan fingerprint density at radius 3 is 2.52 bits per heavy atom. The number of hydrogen-bond donors (Lipinski definition) is 1. The number of aromatic nitrogens is 2. The molecule has 1 aromatic heterocycles. The van der Waals surface area contributed by atoms with E-state index in [9.17, 15) is 14.4 Å². The van der Waals surface area contributed by atoms with Crippen LogP contribution in [-0.2, 0) is 25.5 Å². The molecule has 27 heavy (non-hydrogen) atoms. The summed E-state index contributed by atoms with van der Waals surface area (Å²) in [6.45, 7) is 4.32. The molecule has 8 nitrogen and oxygen atoms in total. The van der Waals surface area contributed by atoms with Crippen molar-refractivity contribution in [1.29, 1.82) is 0 Å². The highest BCUT2D eigenvalue weighted by atomic mass is 32.2. The number of thioether (sulfide) groups is 1. The normalized spacial score (nSPS) is 16.9. The number of esters is 1. The Morgan fingerprint density at radius 2 is 1.93 bits per heavy atom. The van der Waals surface area contributed by atoms with Crippen LogP contribution in [0.3, 0.4) is 0 Å². The number of rotatable bonds is 7. The minimum absolute atomic E-state index is 0.154. The van der Waals surface area contributed by atoms with Crippen LogP contribution in [0.2, 0.25) is 0 Å². The summed E-state index contributed by atoms with van der Waals surface area (Å²) < 4.78 is 5.11. The summed E-state index contributed by atoms with van der Waals surface area (Å²) >= 11 is 1.47. The monoisotopic (exact) mass is 394 g/mol. The minimum atomic E-state index is -0.445. The lowest BCUT2D eigenvalue weighted by Gasteiger charge is -2.31. The topological polar surface area (TPSA) is 115 Å². The van der Waals surface area contributed by atoms with Gasteiger partial charge in [0.25, 0.3) is 5.91 Å². The van der Waals surface area contributed by atoms with Crippen molar-refractivity contribution in [3.8, 4) is 0 Å². The maximum absolute atomic E-state index is 12.2. The molecule has 0 radical (unpaired) electrons. The third-order valence-corrected chi connectivity index (χ3v) is 5.24. The van der Waals surface area contributed by atoms with Crippen LogP contribution in [0.15, 0.2) is 5.16 Å². The molecule has 0 unspecified atom stereocenters. The van der Waals surface area contributed by atoms with Crippen LogP contribution in [-0.4, -0.2) is 58.6 Å². The average Bonchev–Trinajstić information content (AvgIpc) is 2.65. The number of ether oxygens (including phenoxy) is 1. The quantitative estimate of drug-likeness (QED) is 0.417. The second kappa shape index (κ2) is 9.68. The van der Waals surface area contributed by atoms with Crippen molar-refractivity contribution >= 4 is 29.5 Å². The Labute approximate surface area is 163 Å². The third kappa shape index (κ3) is 5.92. The fourth-order valence-corrected chi connectivity index (χ4v) is 3.59. The van der Waals surface area contributed by atoms with Gasteiger partial charge in [-0.1, -0.05) is 11.8 Å². The molecule has 2 N–H and O–H groups in total. The molecule has 2 heterocycles. The first-order chi connectivity index (χ1) is 12.8. The van der Waals surface area contributed by atoms with Gasteiger partial charge in [0.2, 0.25) is 5.91 Å². The molecule has 148 valence electrons. The van der Waals surface area contributed by atoms with Gasteiger partial charge in [0, 0.05) is 30.9 Å². The molecule has 0 aliphatic carbocycles. The van der Waals surface area contributed by atoms with Crippen molar-refractivity contribution in [2.24, 2.45) is 11.7 Å². The SMILES string of the molecule is CSc1nc(C)c(CCC(=O)OCC(=O)N2CCC[C@@H](C(N)=O)C2)c(C)n1. The summed E-state index contributed by atoms with van der Waals surface area (Å²) in [6.07, 6.45) is 3.94. The zero-order valence-electron chi connectivity index (χ0n) is 16.0. The number of likely N-dealkylation sites (tertiary alicyclic amines) is 1. The third-order valence-electron chi connectivity index (χ3n) is 4.69. The summed E-state index contributed by atoms with van der Waals surface area (Å²) in [5, 5.41) is 0.706. The average molecular weight is 394 g/mol. The van der Waals surface area contributed by atoms with E-state index < -0.39 is 11.9 Å². The Balaban J connectivity index is 1.81. The molecule has 1 aliphatic rings. The molecular weight excluding hydrogens is 368 g/mol. The largest absolute Gasteiger partial charge is 0.456 e. The van der Waals surface area contributed by atoms with Gasteiger partial charge >= 0.3 is 5.97 Å². The first-order valence-corrected chi connectivity index (χ1v) is 10.1. The Hall–Kier alpha value is -2.16. The number of piperidine rings is 1. The van der Waals surface area contributed by atoms with E-state index in [0.29, 0.717) is 31.1 Å². The number of nitrogens with two attached hydrogens (primary N) is 1. The highest BCUT2D eigenvalue weighted by molar-refractivity contribution is 7.98. The lowest BCUT2D eigenvalue weighted by atomic mass is 9.97. The minimum Gasteiger partial charge on any atom is -0.456 e. The van der Waals surface area contributed by atoms with Gasteiger partial charge in [-0.2, -0.15) is 0 Å². The van der Waals surface area contributed by atoms with Crippen LogP contribution >= 0.6 is 11.8 Å². The first kappa shape index (κ1) is 21.1. The smallest absolute Gasteiger partial charge is 0.306 e. The molecule has 9 heteroatoms. The van der Waals surface area contributed by atoms with Crippen molar-refractivity contribution in [3.63, 3.8) is 0 Å². The van der Waals surface area contributed by atoms with E-state index in [4.69, 9.17) is 10.5 Å². The van der Waals surface area contributed by atoms with Gasteiger partial charge in [-0.15, -0.1) is 0 Å². The number of primary amides is 1. The molecule has 0 saturated carbocycles. The maximum Gasteiger partial charge on any atom is 0.306 e. The van der Waals surface area contributed by atoms with E-state index in [0.717, 1.165) is 23.4 Å². The molecule has 2 rings (SSSR count). The molecule has 1 saturated heterocycles. The van der Waals surface area contributed by atoms with Crippen LogP contribution in [0, 0.1) is 19.8 Å². The van der Waals surface area contributed by atoms with Crippen LogP contribution in [0.4, 0.5) is 0 Å². The lowest BCUT2D eigenvalue weighted by molar-refractivity contribution is -0.153. The van der Waals surface area contributed by atoms with E-state index >= 15 is 0 Å². The highest BCUT2D eigenvalue weighted by Crippen LogP contribution is 2.18. The molecule has 1 fully saturated rings. The van der Waals surface area contributed by atoms with E-state index in [2.05, 4.69) is 9.97 Å². The molecule has 1 atom stereocenters. The lowest BCUT2D eigenvalue weighted by Crippen LogP contribution is -2.45. The number of amides is 2. The summed E-state index contributed by atoms with van der Waals surface area (Å²) in [6, 6.07) is 0. The Morgan fingerprint density at radius 1 is 1.26 bits per heavy atom. The molecule has 2 amide bonds. The highest BCUT2D eigenvalue weighted by Gasteiger charge is 2.27. The fourth-order valence-electron chi connectivity index (χ4n) is 3.13. The van der Waals surface area contributed by atoms with Gasteiger partial charge in [-0.3, -0.25) is 14.4 Å². The number of aryl methyl sites for hydroxylation is 2. The number of hydrogen-bond acceptors (Lipinski definition) is 7. The van der Waals surface area contributed by atoms with E-state index in [1.54, 1.807) is 0 Å². The molecule has 0 aromatic carbocycles. The van der Waals surface area contributed by atoms with Crippen molar-refractivity contribution < 1.29 is 19.1 Å². The number of carbonyl (C=O) groups excluding carboxylic acids is 3. The zero-order valence-corrected chi connectivity index (χ0v) is 16.8. The summed E-state index contributed by atoms with van der Waals surface area (Å²) in [7, 11) is 0.